The van der Waals surface area contributed by atoms with Crippen LogP contribution in [0.25, 0.3) is 0 Å². The molecule has 2 heteroatoms. The Morgan fingerprint density at radius 2 is 1.84 bits per heavy atom. The van der Waals surface area contributed by atoms with E-state index in [0.29, 0.717) is 12.5 Å². The van der Waals surface area contributed by atoms with Crippen LogP contribution in [0.3, 0.4) is 0 Å². The third-order valence-corrected chi connectivity index (χ3v) is 4.34. The zero-order chi connectivity index (χ0) is 13.9. The summed E-state index contributed by atoms with van der Waals surface area (Å²) in [6.07, 6.45) is 13.4. The molecule has 0 bridgehead atoms. The van der Waals surface area contributed by atoms with Crippen LogP contribution in [0, 0.1) is 11.8 Å². The first kappa shape index (κ1) is 16.5. The molecule has 0 N–H and O–H groups in total. The maximum absolute atomic E-state index is 11.9. The summed E-state index contributed by atoms with van der Waals surface area (Å²) in [7, 11) is 0. The Morgan fingerprint density at radius 1 is 1.11 bits per heavy atom. The first-order valence-electron chi connectivity index (χ1n) is 8.40. The lowest BCUT2D eigenvalue weighted by atomic mass is 9.89. The van der Waals surface area contributed by atoms with Gasteiger partial charge in [0, 0.05) is 0 Å². The van der Waals surface area contributed by atoms with E-state index >= 15 is 0 Å². The lowest BCUT2D eigenvalue weighted by Gasteiger charge is -2.20. The molecular formula is C17H32O2. The largest absolute Gasteiger partial charge is 0.465 e. The molecular weight excluding hydrogens is 236 g/mol. The van der Waals surface area contributed by atoms with Gasteiger partial charge in [0.25, 0.3) is 0 Å². The molecule has 112 valence electrons. The molecule has 1 fully saturated rings. The minimum Gasteiger partial charge on any atom is -0.465 e. The van der Waals surface area contributed by atoms with E-state index in [1.54, 1.807) is 0 Å². The zero-order valence-corrected chi connectivity index (χ0v) is 13.0. The summed E-state index contributed by atoms with van der Waals surface area (Å²) in [6.45, 7) is 5.15. The second-order valence-corrected chi connectivity index (χ2v) is 6.25. The van der Waals surface area contributed by atoms with E-state index in [0.717, 1.165) is 19.3 Å². The number of rotatable bonds is 9. The number of unbranched alkanes of at least 4 members (excludes halogenated alkanes) is 3. The topological polar surface area (TPSA) is 26.3 Å². The van der Waals surface area contributed by atoms with Crippen LogP contribution in [0.4, 0.5) is 0 Å². The number of carbonyl (C=O) groups is 1. The van der Waals surface area contributed by atoms with Crippen molar-refractivity contribution in [3.05, 3.63) is 0 Å². The van der Waals surface area contributed by atoms with Crippen molar-refractivity contribution >= 4 is 5.97 Å². The molecule has 1 saturated carbocycles. The molecule has 0 spiro atoms. The highest BCUT2D eigenvalue weighted by molar-refractivity contribution is 5.72. The van der Waals surface area contributed by atoms with Gasteiger partial charge < -0.3 is 4.74 Å². The van der Waals surface area contributed by atoms with E-state index in [1.807, 2.05) is 0 Å². The molecule has 0 aliphatic heterocycles. The number of esters is 1. The number of ether oxygens (including phenoxy) is 1. The standard InChI is InChI=1S/C17H32O2/c1-3-4-5-7-10-15(2)13-14-19-17(18)16-11-8-6-9-12-16/h15-16H,3-14H2,1-2H3. The van der Waals surface area contributed by atoms with E-state index in [4.69, 9.17) is 4.74 Å². The maximum Gasteiger partial charge on any atom is 0.308 e. The Labute approximate surface area is 119 Å². The molecule has 1 atom stereocenters. The fourth-order valence-corrected chi connectivity index (χ4v) is 2.88. The minimum absolute atomic E-state index is 0.0675. The molecule has 2 nitrogen and oxygen atoms in total. The van der Waals surface area contributed by atoms with Gasteiger partial charge in [-0.05, 0) is 25.2 Å². The average molecular weight is 268 g/mol. The zero-order valence-electron chi connectivity index (χ0n) is 13.0. The fraction of sp³-hybridized carbons (Fsp3) is 0.941. The Kier molecular flexibility index (Phi) is 8.94. The van der Waals surface area contributed by atoms with Gasteiger partial charge in [0.2, 0.25) is 0 Å². The maximum atomic E-state index is 11.9. The highest BCUT2D eigenvalue weighted by atomic mass is 16.5. The summed E-state index contributed by atoms with van der Waals surface area (Å²) in [5, 5.41) is 0. The van der Waals surface area contributed by atoms with Crippen molar-refractivity contribution < 1.29 is 9.53 Å². The molecule has 0 aromatic carbocycles. The summed E-state index contributed by atoms with van der Waals surface area (Å²) in [5.74, 6) is 0.961. The molecule has 0 heterocycles. The molecule has 0 aromatic heterocycles. The van der Waals surface area contributed by atoms with Crippen molar-refractivity contribution in [3.63, 3.8) is 0 Å². The monoisotopic (exact) mass is 268 g/mol. The molecule has 1 unspecified atom stereocenters. The second-order valence-electron chi connectivity index (χ2n) is 6.25. The Balaban J connectivity index is 2.00. The Morgan fingerprint density at radius 3 is 2.53 bits per heavy atom. The lowest BCUT2D eigenvalue weighted by Crippen LogP contribution is -2.21. The van der Waals surface area contributed by atoms with Crippen molar-refractivity contribution in [3.8, 4) is 0 Å². The first-order valence-corrected chi connectivity index (χ1v) is 8.40. The van der Waals surface area contributed by atoms with Crippen LogP contribution >= 0.6 is 0 Å². The van der Waals surface area contributed by atoms with Gasteiger partial charge in [0.15, 0.2) is 0 Å². The van der Waals surface area contributed by atoms with Crippen molar-refractivity contribution in [2.75, 3.05) is 6.61 Å². The predicted molar refractivity (Wildman–Crippen MR) is 80.1 cm³/mol. The third kappa shape index (κ3) is 7.59. The van der Waals surface area contributed by atoms with Crippen LogP contribution < -0.4 is 0 Å². The van der Waals surface area contributed by atoms with Gasteiger partial charge in [-0.1, -0.05) is 65.2 Å². The van der Waals surface area contributed by atoms with Gasteiger partial charge in [-0.3, -0.25) is 4.79 Å². The molecule has 1 aliphatic rings. The summed E-state index contributed by atoms with van der Waals surface area (Å²) in [6, 6.07) is 0. The molecule has 1 aliphatic carbocycles. The van der Waals surface area contributed by atoms with Gasteiger partial charge >= 0.3 is 5.97 Å². The highest BCUT2D eigenvalue weighted by Gasteiger charge is 2.22. The molecule has 0 amide bonds. The summed E-state index contributed by atoms with van der Waals surface area (Å²) in [4.78, 5) is 11.9. The molecule has 0 radical (unpaired) electrons. The summed E-state index contributed by atoms with van der Waals surface area (Å²) in [5.41, 5.74) is 0. The number of hydrogen-bond acceptors (Lipinski definition) is 2. The van der Waals surface area contributed by atoms with Crippen LogP contribution in [-0.4, -0.2) is 12.6 Å². The van der Waals surface area contributed by atoms with E-state index in [9.17, 15) is 4.79 Å². The highest BCUT2D eigenvalue weighted by Crippen LogP contribution is 2.24. The number of hydrogen-bond donors (Lipinski definition) is 0. The molecule has 1 rings (SSSR count). The van der Waals surface area contributed by atoms with Crippen LogP contribution in [0.15, 0.2) is 0 Å². The van der Waals surface area contributed by atoms with Crippen molar-refractivity contribution in [2.24, 2.45) is 11.8 Å². The van der Waals surface area contributed by atoms with Gasteiger partial charge in [-0.15, -0.1) is 0 Å². The Bertz CT molecular complexity index is 231. The second kappa shape index (κ2) is 10.3. The van der Waals surface area contributed by atoms with Crippen LogP contribution in [0.5, 0.6) is 0 Å². The summed E-state index contributed by atoms with van der Waals surface area (Å²) >= 11 is 0. The van der Waals surface area contributed by atoms with E-state index in [-0.39, 0.29) is 11.9 Å². The van der Waals surface area contributed by atoms with Crippen LogP contribution in [0.2, 0.25) is 0 Å². The minimum atomic E-state index is 0.0675. The van der Waals surface area contributed by atoms with Crippen molar-refractivity contribution in [1.29, 1.82) is 0 Å². The van der Waals surface area contributed by atoms with Gasteiger partial charge in [0.1, 0.15) is 0 Å². The van der Waals surface area contributed by atoms with Crippen LogP contribution in [0.1, 0.15) is 84.5 Å². The normalized spacial score (nSPS) is 18.2. The van der Waals surface area contributed by atoms with Gasteiger partial charge in [0.05, 0.1) is 12.5 Å². The predicted octanol–water partition coefficient (Wildman–Crippen LogP) is 5.11. The lowest BCUT2D eigenvalue weighted by molar-refractivity contribution is -0.150. The van der Waals surface area contributed by atoms with Crippen molar-refractivity contribution in [2.45, 2.75) is 84.5 Å². The van der Waals surface area contributed by atoms with E-state index < -0.39 is 0 Å². The average Bonchev–Trinajstić information content (AvgIpc) is 2.44. The van der Waals surface area contributed by atoms with Gasteiger partial charge in [-0.2, -0.15) is 0 Å². The third-order valence-electron chi connectivity index (χ3n) is 4.34. The fourth-order valence-electron chi connectivity index (χ4n) is 2.88. The Hall–Kier alpha value is -0.530. The smallest absolute Gasteiger partial charge is 0.308 e. The summed E-state index contributed by atoms with van der Waals surface area (Å²) < 4.78 is 5.44. The molecule has 19 heavy (non-hydrogen) atoms. The van der Waals surface area contributed by atoms with E-state index in [2.05, 4.69) is 13.8 Å². The molecule has 0 aromatic rings. The number of carbonyl (C=O) groups excluding carboxylic acids is 1. The van der Waals surface area contributed by atoms with E-state index in [1.165, 1.54) is 51.4 Å². The SMILES string of the molecule is CCCCCCC(C)CCOC(=O)C1CCCCC1. The quantitative estimate of drug-likeness (QED) is 0.429. The van der Waals surface area contributed by atoms with Crippen molar-refractivity contribution in [1.82, 2.24) is 0 Å². The van der Waals surface area contributed by atoms with Crippen LogP contribution in [-0.2, 0) is 9.53 Å². The molecule has 0 saturated heterocycles. The van der Waals surface area contributed by atoms with Gasteiger partial charge in [-0.25, -0.2) is 0 Å². The first-order chi connectivity index (χ1) is 9.24.